The van der Waals surface area contributed by atoms with Gasteiger partial charge in [-0.3, -0.25) is 9.59 Å². The number of halogens is 1. The lowest BCUT2D eigenvalue weighted by molar-refractivity contribution is -0.122. The van der Waals surface area contributed by atoms with Gasteiger partial charge in [0.05, 0.1) is 13.2 Å². The van der Waals surface area contributed by atoms with Gasteiger partial charge in [-0.25, -0.2) is 0 Å². The number of hydrogen-bond donors (Lipinski definition) is 1. The quantitative estimate of drug-likeness (QED) is 0.441. The van der Waals surface area contributed by atoms with Gasteiger partial charge in [-0.05, 0) is 41.5 Å². The number of nitrogens with one attached hydrogen (secondary N) is 1. The second kappa shape index (κ2) is 8.88. The Kier molecular flexibility index (Phi) is 5.75. The summed E-state index contributed by atoms with van der Waals surface area (Å²) >= 11 is 6.05. The monoisotopic (exact) mass is 473 g/mol. The molecule has 172 valence electrons. The van der Waals surface area contributed by atoms with Crippen LogP contribution < -0.4 is 10.1 Å². The highest BCUT2D eigenvalue weighted by Crippen LogP contribution is 2.43. The largest absolute Gasteiger partial charge is 0.497 e. The average Bonchev–Trinajstić information content (AvgIpc) is 3.30. The molecule has 1 aromatic heterocycles. The second-order valence-electron chi connectivity index (χ2n) is 8.35. The van der Waals surface area contributed by atoms with Gasteiger partial charge in [0.15, 0.2) is 0 Å². The topological polar surface area (TPSA) is 63.6 Å². The number of hydrogen-bond acceptors (Lipinski definition) is 3. The standard InChI is InChI=1S/C27H24ClN3O3/c1-30-22-9-4-3-8-21(22)24-25(18-10-12-20(34-2)13-11-18)31(27(33)26(24)30)16-23(32)29-15-17-6-5-7-19(28)14-17/h3-14,25H,15-16H2,1-2H3,(H,29,32)/t25-/m1/s1. The van der Waals surface area contributed by atoms with Gasteiger partial charge in [-0.2, -0.15) is 0 Å². The van der Waals surface area contributed by atoms with E-state index < -0.39 is 0 Å². The molecule has 1 N–H and O–H groups in total. The Hall–Kier alpha value is -3.77. The number of fused-ring (bicyclic) bond motifs is 3. The number of para-hydroxylation sites is 1. The van der Waals surface area contributed by atoms with E-state index in [1.165, 1.54) is 0 Å². The lowest BCUT2D eigenvalue weighted by Gasteiger charge is -2.26. The molecule has 7 heteroatoms. The van der Waals surface area contributed by atoms with Gasteiger partial charge >= 0.3 is 0 Å². The van der Waals surface area contributed by atoms with Crippen LogP contribution in [0.2, 0.25) is 5.02 Å². The van der Waals surface area contributed by atoms with Crippen molar-refractivity contribution in [2.24, 2.45) is 7.05 Å². The minimum atomic E-state index is -0.378. The fraction of sp³-hybridized carbons (Fsp3) is 0.185. The third-order valence-electron chi connectivity index (χ3n) is 6.32. The van der Waals surface area contributed by atoms with Crippen LogP contribution in [0, 0.1) is 0 Å². The van der Waals surface area contributed by atoms with Gasteiger partial charge in [0.2, 0.25) is 5.91 Å². The predicted octanol–water partition coefficient (Wildman–Crippen LogP) is 4.70. The van der Waals surface area contributed by atoms with E-state index in [4.69, 9.17) is 16.3 Å². The molecule has 1 aliphatic rings. The Labute approximate surface area is 202 Å². The lowest BCUT2D eigenvalue weighted by Crippen LogP contribution is -2.39. The molecule has 1 aliphatic heterocycles. The van der Waals surface area contributed by atoms with Crippen molar-refractivity contribution in [2.75, 3.05) is 13.7 Å². The van der Waals surface area contributed by atoms with E-state index >= 15 is 0 Å². The van der Waals surface area contributed by atoms with E-state index in [2.05, 4.69) is 5.32 Å². The molecule has 3 aromatic carbocycles. The SMILES string of the molecule is COc1ccc([C@@H]2c3c(n(C)c4ccccc34)C(=O)N2CC(=O)NCc2cccc(Cl)c2)cc1. The first-order chi connectivity index (χ1) is 16.5. The summed E-state index contributed by atoms with van der Waals surface area (Å²) < 4.78 is 7.24. The molecule has 2 heterocycles. The van der Waals surface area contributed by atoms with Crippen LogP contribution in [-0.2, 0) is 18.4 Å². The van der Waals surface area contributed by atoms with Crippen molar-refractivity contribution >= 4 is 34.3 Å². The Balaban J connectivity index is 1.49. The maximum Gasteiger partial charge on any atom is 0.272 e. The minimum Gasteiger partial charge on any atom is -0.497 e. The molecular formula is C27H24ClN3O3. The highest BCUT2D eigenvalue weighted by molar-refractivity contribution is 6.30. The molecule has 0 radical (unpaired) electrons. The summed E-state index contributed by atoms with van der Waals surface area (Å²) in [5.41, 5.74) is 4.35. The van der Waals surface area contributed by atoms with Gasteiger partial charge in [0.25, 0.3) is 5.91 Å². The summed E-state index contributed by atoms with van der Waals surface area (Å²) in [4.78, 5) is 28.2. The Bertz CT molecular complexity index is 1390. The molecule has 0 bridgehead atoms. The normalized spacial score (nSPS) is 15.0. The molecule has 1 atom stereocenters. The van der Waals surface area contributed by atoms with Crippen molar-refractivity contribution in [2.45, 2.75) is 12.6 Å². The lowest BCUT2D eigenvalue weighted by atomic mass is 9.98. The number of benzene rings is 3. The van der Waals surface area contributed by atoms with Crippen molar-refractivity contribution in [3.05, 3.63) is 100 Å². The number of ether oxygens (including phenoxy) is 1. The van der Waals surface area contributed by atoms with E-state index in [9.17, 15) is 9.59 Å². The fourth-order valence-corrected chi connectivity index (χ4v) is 4.93. The molecule has 34 heavy (non-hydrogen) atoms. The van der Waals surface area contributed by atoms with Crippen molar-refractivity contribution in [1.82, 2.24) is 14.8 Å². The van der Waals surface area contributed by atoms with Crippen LogP contribution in [0.3, 0.4) is 0 Å². The van der Waals surface area contributed by atoms with Gasteiger partial charge < -0.3 is 19.5 Å². The van der Waals surface area contributed by atoms with E-state index in [-0.39, 0.29) is 24.4 Å². The molecule has 0 spiro atoms. The summed E-state index contributed by atoms with van der Waals surface area (Å²) in [6.45, 7) is 0.281. The number of nitrogens with zero attached hydrogens (tertiary/aromatic N) is 2. The Morgan fingerprint density at radius 2 is 1.82 bits per heavy atom. The second-order valence-corrected chi connectivity index (χ2v) is 8.79. The summed E-state index contributed by atoms with van der Waals surface area (Å²) in [5, 5.41) is 4.54. The summed E-state index contributed by atoms with van der Waals surface area (Å²) in [7, 11) is 3.51. The van der Waals surface area contributed by atoms with Crippen LogP contribution in [0.15, 0.2) is 72.8 Å². The third-order valence-corrected chi connectivity index (χ3v) is 6.55. The van der Waals surface area contributed by atoms with E-state index in [0.717, 1.165) is 33.3 Å². The number of rotatable bonds is 6. The van der Waals surface area contributed by atoms with Gasteiger partial charge in [0.1, 0.15) is 18.0 Å². The fourth-order valence-electron chi connectivity index (χ4n) is 4.72. The van der Waals surface area contributed by atoms with Gasteiger partial charge in [0, 0.05) is 35.1 Å². The van der Waals surface area contributed by atoms with Crippen LogP contribution in [0.25, 0.3) is 10.9 Å². The molecule has 0 saturated heterocycles. The number of amides is 2. The molecule has 5 rings (SSSR count). The van der Waals surface area contributed by atoms with Crippen LogP contribution >= 0.6 is 11.6 Å². The molecule has 0 aliphatic carbocycles. The highest BCUT2D eigenvalue weighted by atomic mass is 35.5. The smallest absolute Gasteiger partial charge is 0.272 e. The van der Waals surface area contributed by atoms with E-state index in [1.54, 1.807) is 18.1 Å². The maximum absolute atomic E-state index is 13.6. The maximum atomic E-state index is 13.6. The number of aryl methyl sites for hydroxylation is 1. The number of carbonyl (C=O) groups is 2. The average molecular weight is 474 g/mol. The molecule has 0 fully saturated rings. The Morgan fingerprint density at radius 3 is 2.56 bits per heavy atom. The van der Waals surface area contributed by atoms with E-state index in [0.29, 0.717) is 17.3 Å². The summed E-state index contributed by atoms with van der Waals surface area (Å²) in [6, 6.07) is 22.6. The highest BCUT2D eigenvalue weighted by Gasteiger charge is 2.42. The first-order valence-electron chi connectivity index (χ1n) is 11.0. The number of aromatic nitrogens is 1. The molecular weight excluding hydrogens is 450 g/mol. The number of carbonyl (C=O) groups excluding carboxylic acids is 2. The van der Waals surface area contributed by atoms with Crippen molar-refractivity contribution < 1.29 is 14.3 Å². The van der Waals surface area contributed by atoms with Crippen molar-refractivity contribution in [1.29, 1.82) is 0 Å². The summed E-state index contributed by atoms with van der Waals surface area (Å²) in [5.74, 6) is 0.341. The first-order valence-corrected chi connectivity index (χ1v) is 11.4. The van der Waals surface area contributed by atoms with Gasteiger partial charge in [-0.1, -0.05) is 54.1 Å². The van der Waals surface area contributed by atoms with Crippen LogP contribution in [0.5, 0.6) is 5.75 Å². The molecule has 0 unspecified atom stereocenters. The van der Waals surface area contributed by atoms with E-state index in [1.807, 2.05) is 78.3 Å². The molecule has 4 aromatic rings. The van der Waals surface area contributed by atoms with Crippen molar-refractivity contribution in [3.63, 3.8) is 0 Å². The zero-order chi connectivity index (χ0) is 23.8. The van der Waals surface area contributed by atoms with Crippen LogP contribution in [-0.4, -0.2) is 34.9 Å². The molecule has 0 saturated carbocycles. The number of methoxy groups -OCH3 is 1. The van der Waals surface area contributed by atoms with Gasteiger partial charge in [-0.15, -0.1) is 0 Å². The minimum absolute atomic E-state index is 0.0564. The Morgan fingerprint density at radius 1 is 1.06 bits per heavy atom. The summed E-state index contributed by atoms with van der Waals surface area (Å²) in [6.07, 6.45) is 0. The molecule has 6 nitrogen and oxygen atoms in total. The zero-order valence-corrected chi connectivity index (χ0v) is 19.7. The van der Waals surface area contributed by atoms with Crippen LogP contribution in [0.4, 0.5) is 0 Å². The predicted molar refractivity (Wildman–Crippen MR) is 132 cm³/mol. The zero-order valence-electron chi connectivity index (χ0n) is 18.9. The third kappa shape index (κ3) is 3.80. The van der Waals surface area contributed by atoms with Crippen LogP contribution in [0.1, 0.15) is 33.2 Å². The molecule has 2 amide bonds. The van der Waals surface area contributed by atoms with Crippen molar-refractivity contribution in [3.8, 4) is 5.75 Å². The first kappa shape index (κ1) is 22.0.